The third-order valence-electron chi connectivity index (χ3n) is 4.50. The quantitative estimate of drug-likeness (QED) is 0.819. The summed E-state index contributed by atoms with van der Waals surface area (Å²) in [6, 6.07) is 12.2. The van der Waals surface area contributed by atoms with Crippen LogP contribution < -0.4 is 10.1 Å². The Labute approximate surface area is 151 Å². The summed E-state index contributed by atoms with van der Waals surface area (Å²) in [6.45, 7) is 4.03. The second kappa shape index (κ2) is 7.39. The van der Waals surface area contributed by atoms with Crippen molar-refractivity contribution in [2.45, 2.75) is 39.2 Å². The average molecular weight is 388 g/mol. The molecule has 1 amide bonds. The number of aryl methyl sites for hydroxylation is 3. The lowest BCUT2D eigenvalue weighted by molar-refractivity contribution is -0.123. The molecule has 3 rings (SSSR count). The van der Waals surface area contributed by atoms with Gasteiger partial charge in [0.05, 0.1) is 6.04 Å². The van der Waals surface area contributed by atoms with Crippen LogP contribution in [0.4, 0.5) is 0 Å². The van der Waals surface area contributed by atoms with Crippen LogP contribution in [0.3, 0.4) is 0 Å². The fourth-order valence-corrected chi connectivity index (χ4v) is 3.33. The van der Waals surface area contributed by atoms with E-state index in [9.17, 15) is 4.79 Å². The van der Waals surface area contributed by atoms with Crippen LogP contribution >= 0.6 is 15.9 Å². The maximum atomic E-state index is 12.1. The number of hydrogen-bond acceptors (Lipinski definition) is 2. The van der Waals surface area contributed by atoms with Gasteiger partial charge in [-0.3, -0.25) is 4.79 Å². The minimum Gasteiger partial charge on any atom is -0.484 e. The first-order chi connectivity index (χ1) is 11.5. The second-order valence-corrected chi connectivity index (χ2v) is 7.22. The average Bonchev–Trinajstić information content (AvgIpc) is 3.03. The van der Waals surface area contributed by atoms with Gasteiger partial charge in [-0.1, -0.05) is 34.1 Å². The molecule has 0 bridgehead atoms. The van der Waals surface area contributed by atoms with Crippen LogP contribution in [-0.2, 0) is 17.6 Å². The molecule has 0 spiro atoms. The Bertz CT molecular complexity index is 757. The molecule has 0 saturated carbocycles. The van der Waals surface area contributed by atoms with Gasteiger partial charge in [0.1, 0.15) is 5.75 Å². The summed E-state index contributed by atoms with van der Waals surface area (Å²) in [6.07, 6.45) is 3.56. The van der Waals surface area contributed by atoms with Gasteiger partial charge in [-0.15, -0.1) is 0 Å². The van der Waals surface area contributed by atoms with E-state index in [1.165, 1.54) is 24.0 Å². The second-order valence-electron chi connectivity index (χ2n) is 6.37. The maximum Gasteiger partial charge on any atom is 0.258 e. The molecule has 1 aliphatic carbocycles. The van der Waals surface area contributed by atoms with Gasteiger partial charge in [-0.25, -0.2) is 0 Å². The van der Waals surface area contributed by atoms with Gasteiger partial charge in [0.2, 0.25) is 0 Å². The van der Waals surface area contributed by atoms with E-state index in [1.54, 1.807) is 0 Å². The topological polar surface area (TPSA) is 38.3 Å². The molecule has 0 heterocycles. The number of amides is 1. The van der Waals surface area contributed by atoms with E-state index >= 15 is 0 Å². The molecule has 3 nitrogen and oxygen atoms in total. The van der Waals surface area contributed by atoms with E-state index in [2.05, 4.69) is 39.4 Å². The summed E-state index contributed by atoms with van der Waals surface area (Å²) in [4.78, 5) is 12.1. The lowest BCUT2D eigenvalue weighted by atomic mass is 10.0. The summed E-state index contributed by atoms with van der Waals surface area (Å²) in [5, 5.41) is 3.01. The largest absolute Gasteiger partial charge is 0.484 e. The standard InChI is InChI=1S/C20H22BrNO2/c1-13-10-18(8-9-19(13)21)24-12-20(23)22-14(2)16-7-6-15-4-3-5-17(15)11-16/h6-11,14H,3-5,12H2,1-2H3,(H,22,23). The fraction of sp³-hybridized carbons (Fsp3) is 0.350. The van der Waals surface area contributed by atoms with Crippen LogP contribution in [0.25, 0.3) is 0 Å². The number of benzene rings is 2. The number of carbonyl (C=O) groups is 1. The first-order valence-corrected chi connectivity index (χ1v) is 9.12. The number of fused-ring (bicyclic) bond motifs is 1. The zero-order valence-electron chi connectivity index (χ0n) is 14.1. The van der Waals surface area contributed by atoms with E-state index < -0.39 is 0 Å². The summed E-state index contributed by atoms with van der Waals surface area (Å²) >= 11 is 3.45. The highest BCUT2D eigenvalue weighted by Crippen LogP contribution is 2.25. The van der Waals surface area contributed by atoms with E-state index in [4.69, 9.17) is 4.74 Å². The molecule has 0 aliphatic heterocycles. The highest BCUT2D eigenvalue weighted by molar-refractivity contribution is 9.10. The molecule has 0 fully saturated rings. The predicted molar refractivity (Wildman–Crippen MR) is 99.4 cm³/mol. The Morgan fingerprint density at radius 1 is 1.21 bits per heavy atom. The number of nitrogens with one attached hydrogen (secondary N) is 1. The monoisotopic (exact) mass is 387 g/mol. The van der Waals surface area contributed by atoms with Crippen molar-refractivity contribution in [2.75, 3.05) is 6.61 Å². The Morgan fingerprint density at radius 3 is 2.79 bits per heavy atom. The minimum absolute atomic E-state index is 0.0151. The summed E-state index contributed by atoms with van der Waals surface area (Å²) in [7, 11) is 0. The van der Waals surface area contributed by atoms with Gasteiger partial charge < -0.3 is 10.1 Å². The fourth-order valence-electron chi connectivity index (χ4n) is 3.08. The molecule has 126 valence electrons. The zero-order valence-corrected chi connectivity index (χ0v) is 15.7. The highest BCUT2D eigenvalue weighted by Gasteiger charge is 2.15. The third-order valence-corrected chi connectivity index (χ3v) is 5.39. The first-order valence-electron chi connectivity index (χ1n) is 8.33. The number of rotatable bonds is 5. The molecule has 1 atom stereocenters. The van der Waals surface area contributed by atoms with Crippen LogP contribution in [0.2, 0.25) is 0 Å². The molecule has 24 heavy (non-hydrogen) atoms. The van der Waals surface area contributed by atoms with E-state index in [0.717, 1.165) is 22.0 Å². The lowest BCUT2D eigenvalue weighted by Crippen LogP contribution is -2.31. The Kier molecular flexibility index (Phi) is 5.24. The molecular formula is C20H22BrNO2. The molecule has 2 aromatic carbocycles. The van der Waals surface area contributed by atoms with Crippen molar-refractivity contribution >= 4 is 21.8 Å². The van der Waals surface area contributed by atoms with Crippen LogP contribution in [0.1, 0.15) is 41.6 Å². The van der Waals surface area contributed by atoms with E-state index in [1.807, 2.05) is 32.0 Å². The third kappa shape index (κ3) is 3.99. The van der Waals surface area contributed by atoms with Crippen molar-refractivity contribution < 1.29 is 9.53 Å². The lowest BCUT2D eigenvalue weighted by Gasteiger charge is -2.16. The number of halogens is 1. The SMILES string of the molecule is Cc1cc(OCC(=O)NC(C)c2ccc3c(c2)CCC3)ccc1Br. The van der Waals surface area contributed by atoms with Gasteiger partial charge in [0, 0.05) is 4.47 Å². The summed E-state index contributed by atoms with van der Waals surface area (Å²) in [5.41, 5.74) is 5.12. The molecule has 4 heteroatoms. The van der Waals surface area contributed by atoms with Crippen molar-refractivity contribution in [3.8, 4) is 5.75 Å². The number of carbonyl (C=O) groups excluding carboxylic acids is 1. The van der Waals surface area contributed by atoms with Crippen LogP contribution in [0.5, 0.6) is 5.75 Å². The summed E-state index contributed by atoms with van der Waals surface area (Å²) < 4.78 is 6.61. The van der Waals surface area contributed by atoms with Crippen molar-refractivity contribution in [1.82, 2.24) is 5.32 Å². The predicted octanol–water partition coefficient (Wildman–Crippen LogP) is 4.50. The van der Waals surface area contributed by atoms with Gasteiger partial charge in [-0.05, 0) is 73.6 Å². The van der Waals surface area contributed by atoms with Crippen LogP contribution in [-0.4, -0.2) is 12.5 Å². The zero-order chi connectivity index (χ0) is 17.1. The van der Waals surface area contributed by atoms with Crippen molar-refractivity contribution in [3.05, 3.63) is 63.1 Å². The minimum atomic E-state index is -0.108. The smallest absolute Gasteiger partial charge is 0.258 e. The van der Waals surface area contributed by atoms with Crippen molar-refractivity contribution in [2.24, 2.45) is 0 Å². The molecule has 0 radical (unpaired) electrons. The molecule has 1 unspecified atom stereocenters. The Morgan fingerprint density at radius 2 is 2.00 bits per heavy atom. The number of ether oxygens (including phenoxy) is 1. The van der Waals surface area contributed by atoms with Crippen LogP contribution in [0.15, 0.2) is 40.9 Å². The molecule has 1 N–H and O–H groups in total. The molecule has 1 aliphatic rings. The van der Waals surface area contributed by atoms with Gasteiger partial charge in [-0.2, -0.15) is 0 Å². The van der Waals surface area contributed by atoms with Gasteiger partial charge in [0.25, 0.3) is 5.91 Å². The highest BCUT2D eigenvalue weighted by atomic mass is 79.9. The van der Waals surface area contributed by atoms with E-state index in [0.29, 0.717) is 5.75 Å². The van der Waals surface area contributed by atoms with Crippen LogP contribution in [0, 0.1) is 6.92 Å². The normalized spacial score (nSPS) is 14.1. The molecular weight excluding hydrogens is 366 g/mol. The van der Waals surface area contributed by atoms with Gasteiger partial charge in [0.15, 0.2) is 6.61 Å². The Hall–Kier alpha value is -1.81. The van der Waals surface area contributed by atoms with Crippen molar-refractivity contribution in [1.29, 1.82) is 0 Å². The first kappa shape index (κ1) is 17.0. The number of hydrogen-bond donors (Lipinski definition) is 1. The van der Waals surface area contributed by atoms with Gasteiger partial charge >= 0.3 is 0 Å². The molecule has 0 saturated heterocycles. The van der Waals surface area contributed by atoms with Crippen molar-refractivity contribution in [3.63, 3.8) is 0 Å². The van der Waals surface area contributed by atoms with E-state index in [-0.39, 0.29) is 18.6 Å². The maximum absolute atomic E-state index is 12.1. The Balaban J connectivity index is 1.55. The summed E-state index contributed by atoms with van der Waals surface area (Å²) in [5.74, 6) is 0.597. The molecule has 2 aromatic rings. The molecule has 0 aromatic heterocycles.